The Morgan fingerprint density at radius 3 is 2.72 bits per heavy atom. The molecule has 0 spiro atoms. The van der Waals surface area contributed by atoms with E-state index in [1.807, 2.05) is 29.6 Å². The SMILES string of the molecule is COc1cccc(NC(=O)N2CCC(Cn3ccnc3)CC2)c1OC. The number of amides is 2. The number of likely N-dealkylation sites (tertiary alicyclic amines) is 1. The average Bonchev–Trinajstić information content (AvgIpc) is 3.15. The average molecular weight is 344 g/mol. The molecule has 2 aromatic rings. The first-order chi connectivity index (χ1) is 12.2. The number of imidazole rings is 1. The highest BCUT2D eigenvalue weighted by molar-refractivity contribution is 5.91. The minimum atomic E-state index is -0.104. The highest BCUT2D eigenvalue weighted by Crippen LogP contribution is 2.35. The van der Waals surface area contributed by atoms with Crippen LogP contribution in [0.3, 0.4) is 0 Å². The van der Waals surface area contributed by atoms with Crippen molar-refractivity contribution in [2.24, 2.45) is 5.92 Å². The molecule has 1 saturated heterocycles. The normalized spacial score (nSPS) is 15.0. The van der Waals surface area contributed by atoms with Crippen LogP contribution in [-0.4, -0.2) is 47.8 Å². The lowest BCUT2D eigenvalue weighted by Crippen LogP contribution is -2.41. The predicted octanol–water partition coefficient (Wildman–Crippen LogP) is 2.84. The zero-order valence-electron chi connectivity index (χ0n) is 14.6. The Kier molecular flexibility index (Phi) is 5.42. The van der Waals surface area contributed by atoms with Crippen molar-refractivity contribution in [1.82, 2.24) is 14.5 Å². The number of carbonyl (C=O) groups is 1. The molecule has 7 nitrogen and oxygen atoms in total. The third-order valence-corrected chi connectivity index (χ3v) is 4.57. The quantitative estimate of drug-likeness (QED) is 0.905. The molecule has 134 valence electrons. The first-order valence-electron chi connectivity index (χ1n) is 8.44. The van der Waals surface area contributed by atoms with Gasteiger partial charge >= 0.3 is 6.03 Å². The van der Waals surface area contributed by atoms with E-state index in [2.05, 4.69) is 14.9 Å². The van der Waals surface area contributed by atoms with E-state index in [-0.39, 0.29) is 6.03 Å². The van der Waals surface area contributed by atoms with Gasteiger partial charge in [0.1, 0.15) is 0 Å². The number of urea groups is 1. The molecule has 1 aliphatic rings. The van der Waals surface area contributed by atoms with Crippen LogP contribution >= 0.6 is 0 Å². The molecule has 1 aromatic heterocycles. The summed E-state index contributed by atoms with van der Waals surface area (Å²) in [4.78, 5) is 18.5. The Labute approximate surface area is 147 Å². The van der Waals surface area contributed by atoms with Crippen LogP contribution in [0.4, 0.5) is 10.5 Å². The maximum Gasteiger partial charge on any atom is 0.321 e. The number of para-hydroxylation sites is 1. The molecule has 25 heavy (non-hydrogen) atoms. The fourth-order valence-corrected chi connectivity index (χ4v) is 3.19. The standard InChI is InChI=1S/C18H24N4O3/c1-24-16-5-3-4-15(17(16)25-2)20-18(23)22-9-6-14(7-10-22)12-21-11-8-19-13-21/h3-5,8,11,13-14H,6-7,9-10,12H2,1-2H3,(H,20,23). The van der Waals surface area contributed by atoms with Gasteiger partial charge in [-0.1, -0.05) is 6.07 Å². The van der Waals surface area contributed by atoms with Crippen LogP contribution in [0.2, 0.25) is 0 Å². The van der Waals surface area contributed by atoms with Crippen LogP contribution in [0.1, 0.15) is 12.8 Å². The number of hydrogen-bond donors (Lipinski definition) is 1. The van der Waals surface area contributed by atoms with Crippen molar-refractivity contribution < 1.29 is 14.3 Å². The summed E-state index contributed by atoms with van der Waals surface area (Å²) in [7, 11) is 3.14. The van der Waals surface area contributed by atoms with Crippen LogP contribution in [0.25, 0.3) is 0 Å². The Morgan fingerprint density at radius 2 is 2.08 bits per heavy atom. The lowest BCUT2D eigenvalue weighted by molar-refractivity contribution is 0.177. The van der Waals surface area contributed by atoms with Crippen molar-refractivity contribution in [1.29, 1.82) is 0 Å². The summed E-state index contributed by atoms with van der Waals surface area (Å²) < 4.78 is 12.7. The van der Waals surface area contributed by atoms with Gasteiger partial charge in [-0.15, -0.1) is 0 Å². The number of aromatic nitrogens is 2. The number of piperidine rings is 1. The summed E-state index contributed by atoms with van der Waals surface area (Å²) in [6.07, 6.45) is 7.59. The van der Waals surface area contributed by atoms with E-state index in [0.29, 0.717) is 23.1 Å². The molecule has 1 aliphatic heterocycles. The third-order valence-electron chi connectivity index (χ3n) is 4.57. The molecule has 7 heteroatoms. The van der Waals surface area contributed by atoms with Crippen LogP contribution in [0.15, 0.2) is 36.9 Å². The number of ether oxygens (including phenoxy) is 2. The summed E-state index contributed by atoms with van der Waals surface area (Å²) >= 11 is 0. The second-order valence-electron chi connectivity index (χ2n) is 6.16. The molecule has 3 rings (SSSR count). The van der Waals surface area contributed by atoms with Crippen molar-refractivity contribution in [3.05, 3.63) is 36.9 Å². The van der Waals surface area contributed by atoms with Gasteiger partial charge in [-0.2, -0.15) is 0 Å². The van der Waals surface area contributed by atoms with Gasteiger partial charge in [0.2, 0.25) is 0 Å². The predicted molar refractivity (Wildman–Crippen MR) is 95.1 cm³/mol. The molecular weight excluding hydrogens is 320 g/mol. The zero-order valence-corrected chi connectivity index (χ0v) is 14.6. The van der Waals surface area contributed by atoms with Gasteiger partial charge < -0.3 is 24.3 Å². The lowest BCUT2D eigenvalue weighted by Gasteiger charge is -2.32. The van der Waals surface area contributed by atoms with Gasteiger partial charge in [0.25, 0.3) is 0 Å². The van der Waals surface area contributed by atoms with Gasteiger partial charge in [-0.3, -0.25) is 0 Å². The molecule has 1 N–H and O–H groups in total. The van der Waals surface area contributed by atoms with Crippen molar-refractivity contribution in [3.8, 4) is 11.5 Å². The van der Waals surface area contributed by atoms with Crippen LogP contribution in [-0.2, 0) is 6.54 Å². The summed E-state index contributed by atoms with van der Waals surface area (Å²) in [6, 6.07) is 5.34. The minimum Gasteiger partial charge on any atom is -0.493 e. The molecule has 0 atom stereocenters. The van der Waals surface area contributed by atoms with E-state index >= 15 is 0 Å². The zero-order chi connectivity index (χ0) is 17.6. The molecule has 0 saturated carbocycles. The smallest absolute Gasteiger partial charge is 0.321 e. The number of carbonyl (C=O) groups excluding carboxylic acids is 1. The van der Waals surface area contributed by atoms with Crippen molar-refractivity contribution in [3.63, 3.8) is 0 Å². The summed E-state index contributed by atoms with van der Waals surface area (Å²) in [5, 5.41) is 2.93. The third kappa shape index (κ3) is 4.04. The van der Waals surface area contributed by atoms with E-state index in [1.165, 1.54) is 0 Å². The van der Waals surface area contributed by atoms with Gasteiger partial charge in [-0.25, -0.2) is 9.78 Å². The monoisotopic (exact) mass is 344 g/mol. The van der Waals surface area contributed by atoms with Crippen molar-refractivity contribution in [2.45, 2.75) is 19.4 Å². The Balaban J connectivity index is 1.56. The Morgan fingerprint density at radius 1 is 1.28 bits per heavy atom. The van der Waals surface area contributed by atoms with E-state index < -0.39 is 0 Å². The molecule has 0 bridgehead atoms. The van der Waals surface area contributed by atoms with Crippen LogP contribution < -0.4 is 14.8 Å². The molecular formula is C18H24N4O3. The lowest BCUT2D eigenvalue weighted by atomic mass is 9.97. The molecule has 0 unspecified atom stereocenters. The molecule has 1 fully saturated rings. The Bertz CT molecular complexity index is 694. The van der Waals surface area contributed by atoms with Crippen LogP contribution in [0, 0.1) is 5.92 Å². The largest absolute Gasteiger partial charge is 0.493 e. The summed E-state index contributed by atoms with van der Waals surface area (Å²) in [6.45, 7) is 2.45. The van der Waals surface area contributed by atoms with E-state index in [9.17, 15) is 4.79 Å². The molecule has 2 amide bonds. The molecule has 0 aliphatic carbocycles. The number of nitrogens with one attached hydrogen (secondary N) is 1. The molecule has 2 heterocycles. The van der Waals surface area contributed by atoms with Gasteiger partial charge in [0, 0.05) is 32.0 Å². The van der Waals surface area contributed by atoms with Gasteiger partial charge in [0.05, 0.1) is 26.2 Å². The van der Waals surface area contributed by atoms with Crippen LogP contribution in [0.5, 0.6) is 11.5 Å². The molecule has 1 aromatic carbocycles. The molecule has 0 radical (unpaired) electrons. The van der Waals surface area contributed by atoms with Crippen molar-refractivity contribution in [2.75, 3.05) is 32.6 Å². The van der Waals surface area contributed by atoms with Gasteiger partial charge in [0.15, 0.2) is 11.5 Å². The summed E-state index contributed by atoms with van der Waals surface area (Å²) in [5.74, 6) is 1.71. The van der Waals surface area contributed by atoms with E-state index in [0.717, 1.165) is 32.5 Å². The fraction of sp³-hybridized carbons (Fsp3) is 0.444. The Hall–Kier alpha value is -2.70. The number of nitrogens with zero attached hydrogens (tertiary/aromatic N) is 3. The van der Waals surface area contributed by atoms with E-state index in [4.69, 9.17) is 9.47 Å². The maximum absolute atomic E-state index is 12.6. The number of rotatable bonds is 5. The van der Waals surface area contributed by atoms with Crippen molar-refractivity contribution >= 4 is 11.7 Å². The first-order valence-corrected chi connectivity index (χ1v) is 8.44. The van der Waals surface area contributed by atoms with E-state index in [1.54, 1.807) is 26.5 Å². The first kappa shape index (κ1) is 17.1. The highest BCUT2D eigenvalue weighted by atomic mass is 16.5. The number of benzene rings is 1. The summed E-state index contributed by atoms with van der Waals surface area (Å²) in [5.41, 5.74) is 0.618. The second kappa shape index (κ2) is 7.92. The number of methoxy groups -OCH3 is 2. The second-order valence-corrected chi connectivity index (χ2v) is 6.16. The minimum absolute atomic E-state index is 0.104. The topological polar surface area (TPSA) is 68.6 Å². The number of hydrogen-bond acceptors (Lipinski definition) is 4. The maximum atomic E-state index is 12.6. The fourth-order valence-electron chi connectivity index (χ4n) is 3.19. The van der Waals surface area contributed by atoms with Gasteiger partial charge in [-0.05, 0) is 30.9 Å². The highest BCUT2D eigenvalue weighted by Gasteiger charge is 2.24. The number of anilines is 1.